The van der Waals surface area contributed by atoms with E-state index in [2.05, 4.69) is 74.6 Å². The minimum atomic E-state index is 0.601. The van der Waals surface area contributed by atoms with Crippen LogP contribution in [0.1, 0.15) is 36.5 Å². The van der Waals surface area contributed by atoms with E-state index in [1.807, 2.05) is 0 Å². The molecule has 0 heterocycles. The average Bonchev–Trinajstić information content (AvgIpc) is 2.37. The van der Waals surface area contributed by atoms with Crippen LogP contribution in [0.2, 0.25) is 0 Å². The molecule has 1 N–H and O–H groups in total. The van der Waals surface area contributed by atoms with Gasteiger partial charge >= 0.3 is 0 Å². The summed E-state index contributed by atoms with van der Waals surface area (Å²) >= 11 is 0. The van der Waals surface area contributed by atoms with E-state index < -0.39 is 0 Å². The fourth-order valence-corrected chi connectivity index (χ4v) is 1.98. The minimum absolute atomic E-state index is 0.601. The zero-order chi connectivity index (χ0) is 13.0. The molecule has 18 heavy (non-hydrogen) atoms. The van der Waals surface area contributed by atoms with E-state index in [0.717, 1.165) is 6.54 Å². The van der Waals surface area contributed by atoms with Crippen LogP contribution in [-0.4, -0.2) is 0 Å². The lowest BCUT2D eigenvalue weighted by molar-refractivity contribution is 0.865. The number of rotatable bonds is 4. The van der Waals surface area contributed by atoms with E-state index in [4.69, 9.17) is 0 Å². The Morgan fingerprint density at radius 3 is 2.33 bits per heavy atom. The fraction of sp³-hybridized carbons (Fsp3) is 0.294. The predicted octanol–water partition coefficient (Wildman–Crippen LogP) is 4.73. The van der Waals surface area contributed by atoms with Gasteiger partial charge in [0.05, 0.1) is 0 Å². The Balaban J connectivity index is 1.98. The van der Waals surface area contributed by atoms with Crippen LogP contribution in [0.15, 0.2) is 48.5 Å². The van der Waals surface area contributed by atoms with Crippen LogP contribution in [-0.2, 0) is 6.54 Å². The number of aryl methyl sites for hydroxylation is 1. The molecule has 0 saturated carbocycles. The van der Waals surface area contributed by atoms with Crippen LogP contribution in [0, 0.1) is 6.92 Å². The zero-order valence-electron chi connectivity index (χ0n) is 11.4. The first-order valence-electron chi connectivity index (χ1n) is 6.54. The molecule has 1 heteroatoms. The Hall–Kier alpha value is -1.76. The van der Waals surface area contributed by atoms with Crippen molar-refractivity contribution in [2.24, 2.45) is 0 Å². The first-order chi connectivity index (χ1) is 8.65. The van der Waals surface area contributed by atoms with Gasteiger partial charge in [0.15, 0.2) is 0 Å². The zero-order valence-corrected chi connectivity index (χ0v) is 11.4. The van der Waals surface area contributed by atoms with E-state index in [0.29, 0.717) is 5.92 Å². The Kier molecular flexibility index (Phi) is 4.03. The molecule has 0 aliphatic rings. The summed E-state index contributed by atoms with van der Waals surface area (Å²) in [6.07, 6.45) is 0. The lowest BCUT2D eigenvalue weighted by Gasteiger charge is -2.09. The largest absolute Gasteiger partial charge is 0.381 e. The maximum atomic E-state index is 3.45. The number of benzene rings is 2. The molecule has 0 spiro atoms. The van der Waals surface area contributed by atoms with Crippen molar-refractivity contribution in [2.75, 3.05) is 5.32 Å². The molecule has 0 fully saturated rings. The van der Waals surface area contributed by atoms with Crippen molar-refractivity contribution >= 4 is 5.69 Å². The van der Waals surface area contributed by atoms with Gasteiger partial charge in [0.1, 0.15) is 0 Å². The van der Waals surface area contributed by atoms with E-state index >= 15 is 0 Å². The van der Waals surface area contributed by atoms with Crippen LogP contribution in [0.3, 0.4) is 0 Å². The van der Waals surface area contributed by atoms with Crippen LogP contribution in [0.4, 0.5) is 5.69 Å². The van der Waals surface area contributed by atoms with Gasteiger partial charge in [0.25, 0.3) is 0 Å². The highest BCUT2D eigenvalue weighted by atomic mass is 14.9. The molecule has 0 radical (unpaired) electrons. The molecule has 2 aromatic carbocycles. The standard InChI is InChI=1S/C17H21N/c1-13(2)16-9-7-15(8-10-16)12-18-17-6-4-5-14(3)11-17/h4-11,13,18H,12H2,1-3H3. The van der Waals surface area contributed by atoms with Gasteiger partial charge in [-0.05, 0) is 41.7 Å². The Morgan fingerprint density at radius 2 is 1.72 bits per heavy atom. The van der Waals surface area contributed by atoms with Crippen molar-refractivity contribution in [2.45, 2.75) is 33.2 Å². The second-order valence-electron chi connectivity index (χ2n) is 5.12. The van der Waals surface area contributed by atoms with E-state index in [1.54, 1.807) is 0 Å². The summed E-state index contributed by atoms with van der Waals surface area (Å²) in [5, 5.41) is 3.45. The smallest absolute Gasteiger partial charge is 0.0400 e. The molecule has 0 amide bonds. The summed E-state index contributed by atoms with van der Waals surface area (Å²) in [6.45, 7) is 7.43. The van der Waals surface area contributed by atoms with Gasteiger partial charge in [-0.25, -0.2) is 0 Å². The van der Waals surface area contributed by atoms with Crippen LogP contribution in [0.5, 0.6) is 0 Å². The van der Waals surface area contributed by atoms with Crippen LogP contribution in [0.25, 0.3) is 0 Å². The normalized spacial score (nSPS) is 10.7. The summed E-state index contributed by atoms with van der Waals surface area (Å²) < 4.78 is 0. The molecule has 0 atom stereocenters. The average molecular weight is 239 g/mol. The Morgan fingerprint density at radius 1 is 1.00 bits per heavy atom. The number of hydrogen-bond donors (Lipinski definition) is 1. The maximum absolute atomic E-state index is 3.45. The first-order valence-corrected chi connectivity index (χ1v) is 6.54. The molecule has 2 rings (SSSR count). The molecule has 2 aromatic rings. The van der Waals surface area contributed by atoms with Crippen molar-refractivity contribution in [1.82, 2.24) is 0 Å². The minimum Gasteiger partial charge on any atom is -0.381 e. The Labute approximate surface area is 110 Å². The van der Waals surface area contributed by atoms with Crippen molar-refractivity contribution in [3.63, 3.8) is 0 Å². The third-order valence-corrected chi connectivity index (χ3v) is 3.16. The third kappa shape index (κ3) is 3.36. The summed E-state index contributed by atoms with van der Waals surface area (Å²) in [5.41, 5.74) is 5.19. The van der Waals surface area contributed by atoms with Crippen molar-refractivity contribution < 1.29 is 0 Å². The molecule has 0 aromatic heterocycles. The van der Waals surface area contributed by atoms with E-state index in [-0.39, 0.29) is 0 Å². The summed E-state index contributed by atoms with van der Waals surface area (Å²) in [5.74, 6) is 0.601. The van der Waals surface area contributed by atoms with Gasteiger partial charge in [0.2, 0.25) is 0 Å². The highest BCUT2D eigenvalue weighted by Gasteiger charge is 1.99. The molecular formula is C17H21N. The molecular weight excluding hydrogens is 218 g/mol. The highest BCUT2D eigenvalue weighted by molar-refractivity contribution is 5.46. The van der Waals surface area contributed by atoms with E-state index in [9.17, 15) is 0 Å². The van der Waals surface area contributed by atoms with Gasteiger partial charge in [-0.15, -0.1) is 0 Å². The van der Waals surface area contributed by atoms with Gasteiger partial charge in [-0.1, -0.05) is 50.2 Å². The highest BCUT2D eigenvalue weighted by Crippen LogP contribution is 2.16. The van der Waals surface area contributed by atoms with Crippen LogP contribution >= 0.6 is 0 Å². The van der Waals surface area contributed by atoms with E-state index in [1.165, 1.54) is 22.4 Å². The molecule has 0 bridgehead atoms. The summed E-state index contributed by atoms with van der Waals surface area (Å²) in [4.78, 5) is 0. The summed E-state index contributed by atoms with van der Waals surface area (Å²) in [6, 6.07) is 17.3. The second kappa shape index (κ2) is 5.72. The maximum Gasteiger partial charge on any atom is 0.0400 e. The van der Waals surface area contributed by atoms with Gasteiger partial charge < -0.3 is 5.32 Å². The van der Waals surface area contributed by atoms with Crippen molar-refractivity contribution in [1.29, 1.82) is 0 Å². The summed E-state index contributed by atoms with van der Waals surface area (Å²) in [7, 11) is 0. The number of nitrogens with one attached hydrogen (secondary N) is 1. The topological polar surface area (TPSA) is 12.0 Å². The molecule has 1 nitrogen and oxygen atoms in total. The molecule has 0 aliphatic carbocycles. The molecule has 0 saturated heterocycles. The third-order valence-electron chi connectivity index (χ3n) is 3.16. The Bertz CT molecular complexity index is 497. The van der Waals surface area contributed by atoms with Gasteiger partial charge in [-0.3, -0.25) is 0 Å². The molecule has 0 aliphatic heterocycles. The SMILES string of the molecule is Cc1cccc(NCc2ccc(C(C)C)cc2)c1. The fourth-order valence-electron chi connectivity index (χ4n) is 1.98. The lowest BCUT2D eigenvalue weighted by Crippen LogP contribution is -1.99. The van der Waals surface area contributed by atoms with Gasteiger partial charge in [0, 0.05) is 12.2 Å². The first kappa shape index (κ1) is 12.7. The van der Waals surface area contributed by atoms with Crippen LogP contribution < -0.4 is 5.32 Å². The van der Waals surface area contributed by atoms with Gasteiger partial charge in [-0.2, -0.15) is 0 Å². The predicted molar refractivity (Wildman–Crippen MR) is 79.0 cm³/mol. The lowest BCUT2D eigenvalue weighted by atomic mass is 10.0. The van der Waals surface area contributed by atoms with Crippen molar-refractivity contribution in [3.8, 4) is 0 Å². The van der Waals surface area contributed by atoms with Crippen molar-refractivity contribution in [3.05, 3.63) is 65.2 Å². The monoisotopic (exact) mass is 239 g/mol. The second-order valence-corrected chi connectivity index (χ2v) is 5.12. The molecule has 94 valence electrons. The number of hydrogen-bond acceptors (Lipinski definition) is 1. The number of anilines is 1. The quantitative estimate of drug-likeness (QED) is 0.813. The molecule has 0 unspecified atom stereocenters.